The van der Waals surface area contributed by atoms with Crippen LogP contribution in [0.2, 0.25) is 0 Å². The van der Waals surface area contributed by atoms with Crippen LogP contribution in [0.4, 0.5) is 5.82 Å². The van der Waals surface area contributed by atoms with E-state index in [2.05, 4.69) is 15.5 Å². The zero-order valence-electron chi connectivity index (χ0n) is 9.56. The summed E-state index contributed by atoms with van der Waals surface area (Å²) in [4.78, 5) is 24.7. The van der Waals surface area contributed by atoms with Crippen molar-refractivity contribution in [2.24, 2.45) is 0 Å². The van der Waals surface area contributed by atoms with Crippen molar-refractivity contribution in [1.82, 2.24) is 20.4 Å². The van der Waals surface area contributed by atoms with Gasteiger partial charge in [0.1, 0.15) is 11.5 Å². The van der Waals surface area contributed by atoms with Gasteiger partial charge in [-0.05, 0) is 6.42 Å². The molecule has 0 radical (unpaired) electrons. The number of amides is 2. The first kappa shape index (κ1) is 11.4. The second-order valence-electron chi connectivity index (χ2n) is 4.19. The van der Waals surface area contributed by atoms with Crippen molar-refractivity contribution < 1.29 is 9.59 Å². The number of rotatable bonds is 2. The van der Waals surface area contributed by atoms with E-state index in [0.717, 1.165) is 0 Å². The third-order valence-electron chi connectivity index (χ3n) is 2.80. The van der Waals surface area contributed by atoms with E-state index in [1.807, 2.05) is 0 Å². The third-order valence-corrected chi connectivity index (χ3v) is 2.80. The number of likely N-dealkylation sites (tertiary alicyclic amines) is 1. The molecule has 1 aromatic heterocycles. The van der Waals surface area contributed by atoms with Crippen molar-refractivity contribution in [3.8, 4) is 0 Å². The Morgan fingerprint density at radius 1 is 1.71 bits per heavy atom. The first-order valence-electron chi connectivity index (χ1n) is 5.42. The van der Waals surface area contributed by atoms with Crippen LogP contribution in [0.5, 0.6) is 0 Å². The first-order valence-corrected chi connectivity index (χ1v) is 5.42. The molecule has 0 aromatic carbocycles. The summed E-state index contributed by atoms with van der Waals surface area (Å²) in [5.41, 5.74) is 5.75. The van der Waals surface area contributed by atoms with Crippen molar-refractivity contribution in [3.05, 3.63) is 11.8 Å². The van der Waals surface area contributed by atoms with Crippen LogP contribution in [-0.4, -0.2) is 46.5 Å². The summed E-state index contributed by atoms with van der Waals surface area (Å²) >= 11 is 0. The number of H-pyrrole nitrogens is 1. The number of aromatic amines is 1. The molecule has 4 N–H and O–H groups in total. The molecule has 0 spiro atoms. The average molecular weight is 237 g/mol. The van der Waals surface area contributed by atoms with Crippen molar-refractivity contribution in [2.45, 2.75) is 18.9 Å². The van der Waals surface area contributed by atoms with Crippen LogP contribution >= 0.6 is 0 Å². The summed E-state index contributed by atoms with van der Waals surface area (Å²) in [5, 5.41) is 9.07. The van der Waals surface area contributed by atoms with E-state index in [-0.39, 0.29) is 23.7 Å². The molecule has 2 rings (SSSR count). The second-order valence-corrected chi connectivity index (χ2v) is 4.19. The van der Waals surface area contributed by atoms with Gasteiger partial charge in [-0.25, -0.2) is 0 Å². The number of nitrogens with two attached hydrogens (primary N) is 1. The number of hydrogen-bond donors (Lipinski definition) is 3. The lowest BCUT2D eigenvalue weighted by molar-refractivity contribution is -0.132. The first-order chi connectivity index (χ1) is 8.06. The highest BCUT2D eigenvalue weighted by atomic mass is 16.2. The number of anilines is 1. The fourth-order valence-corrected chi connectivity index (χ4v) is 1.85. The minimum absolute atomic E-state index is 0.0188. The smallest absolute Gasteiger partial charge is 0.269 e. The molecule has 17 heavy (non-hydrogen) atoms. The molecule has 0 bridgehead atoms. The maximum absolute atomic E-state index is 11.8. The highest BCUT2D eigenvalue weighted by molar-refractivity contribution is 5.93. The number of aromatic nitrogens is 2. The largest absolute Gasteiger partial charge is 0.382 e. The van der Waals surface area contributed by atoms with Gasteiger partial charge < -0.3 is 16.0 Å². The van der Waals surface area contributed by atoms with E-state index in [0.29, 0.717) is 25.1 Å². The normalized spacial score (nSPS) is 20.4. The van der Waals surface area contributed by atoms with Crippen molar-refractivity contribution in [1.29, 1.82) is 0 Å². The molecular weight excluding hydrogens is 222 g/mol. The van der Waals surface area contributed by atoms with Gasteiger partial charge in [0.2, 0.25) is 5.91 Å². The van der Waals surface area contributed by atoms with Crippen LogP contribution in [0.25, 0.3) is 0 Å². The minimum atomic E-state index is -0.248. The Labute approximate surface area is 98.4 Å². The van der Waals surface area contributed by atoms with Gasteiger partial charge in [-0.2, -0.15) is 5.10 Å². The zero-order chi connectivity index (χ0) is 12.4. The molecule has 0 aliphatic carbocycles. The predicted octanol–water partition coefficient (Wildman–Crippen LogP) is -0.657. The summed E-state index contributed by atoms with van der Waals surface area (Å²) < 4.78 is 0. The Hall–Kier alpha value is -2.05. The number of nitrogen functional groups attached to an aromatic ring is 1. The van der Waals surface area contributed by atoms with E-state index >= 15 is 0 Å². The monoisotopic (exact) mass is 237 g/mol. The number of carbonyl (C=O) groups excluding carboxylic acids is 2. The highest BCUT2D eigenvalue weighted by Crippen LogP contribution is 2.10. The molecule has 2 heterocycles. The molecule has 1 atom stereocenters. The zero-order valence-corrected chi connectivity index (χ0v) is 9.56. The molecule has 1 aromatic rings. The Morgan fingerprint density at radius 3 is 3.06 bits per heavy atom. The molecule has 1 aliphatic heterocycles. The Bertz CT molecular complexity index is 442. The fraction of sp³-hybridized carbons (Fsp3) is 0.500. The molecule has 0 saturated carbocycles. The van der Waals surface area contributed by atoms with Crippen LogP contribution < -0.4 is 11.1 Å². The van der Waals surface area contributed by atoms with Crippen LogP contribution in [-0.2, 0) is 4.79 Å². The molecule has 1 saturated heterocycles. The number of piperidine rings is 1. The lowest BCUT2D eigenvalue weighted by Gasteiger charge is -2.29. The molecular formula is C10H15N5O2. The Kier molecular flexibility index (Phi) is 2.99. The summed E-state index contributed by atoms with van der Waals surface area (Å²) in [5.74, 6) is 0.148. The quantitative estimate of drug-likeness (QED) is 0.635. The van der Waals surface area contributed by atoms with Gasteiger partial charge in [0.25, 0.3) is 5.91 Å². The molecule has 7 heteroatoms. The Morgan fingerprint density at radius 2 is 2.47 bits per heavy atom. The minimum Gasteiger partial charge on any atom is -0.382 e. The van der Waals surface area contributed by atoms with Crippen LogP contribution in [0.1, 0.15) is 23.3 Å². The summed E-state index contributed by atoms with van der Waals surface area (Å²) in [6.07, 6.45) is 1.13. The maximum atomic E-state index is 11.8. The second kappa shape index (κ2) is 4.44. The van der Waals surface area contributed by atoms with Gasteiger partial charge in [0.05, 0.1) is 0 Å². The number of carbonyl (C=O) groups is 2. The van der Waals surface area contributed by atoms with E-state index in [9.17, 15) is 9.59 Å². The fourth-order valence-electron chi connectivity index (χ4n) is 1.85. The summed E-state index contributed by atoms with van der Waals surface area (Å²) in [6, 6.07) is 1.46. The summed E-state index contributed by atoms with van der Waals surface area (Å²) in [6.45, 7) is 0.536. The molecule has 1 fully saturated rings. The molecule has 7 nitrogen and oxygen atoms in total. The van der Waals surface area contributed by atoms with Crippen molar-refractivity contribution in [3.63, 3.8) is 0 Å². The maximum Gasteiger partial charge on any atom is 0.269 e. The number of nitrogens with zero attached hydrogens (tertiary/aromatic N) is 2. The van der Waals surface area contributed by atoms with Crippen LogP contribution in [0.3, 0.4) is 0 Å². The van der Waals surface area contributed by atoms with Gasteiger partial charge in [0.15, 0.2) is 0 Å². The van der Waals surface area contributed by atoms with Crippen LogP contribution in [0.15, 0.2) is 6.07 Å². The van der Waals surface area contributed by atoms with Gasteiger partial charge in [-0.1, -0.05) is 0 Å². The number of hydrogen-bond acceptors (Lipinski definition) is 4. The molecule has 92 valence electrons. The summed E-state index contributed by atoms with van der Waals surface area (Å²) in [7, 11) is 1.73. The molecule has 2 amide bonds. The topological polar surface area (TPSA) is 104 Å². The van der Waals surface area contributed by atoms with Crippen molar-refractivity contribution in [2.75, 3.05) is 19.3 Å². The highest BCUT2D eigenvalue weighted by Gasteiger charge is 2.24. The van der Waals surface area contributed by atoms with Crippen molar-refractivity contribution >= 4 is 17.6 Å². The standard InChI is InChI=1S/C10H15N5O2/c1-15-5-6(2-3-9(15)16)12-10(17)7-4-8(11)14-13-7/h4,6H,2-3,5H2,1H3,(H,12,17)(H3,11,13,14). The van der Waals surface area contributed by atoms with Crippen LogP contribution in [0, 0.1) is 0 Å². The molecule has 1 unspecified atom stereocenters. The number of nitrogens with one attached hydrogen (secondary N) is 2. The SMILES string of the molecule is CN1CC(NC(=O)c2cc(N)n[nH]2)CCC1=O. The van der Waals surface area contributed by atoms with Gasteiger partial charge in [0, 0.05) is 32.1 Å². The van der Waals surface area contributed by atoms with Gasteiger partial charge in [-0.3, -0.25) is 14.7 Å². The lowest BCUT2D eigenvalue weighted by atomic mass is 10.1. The van der Waals surface area contributed by atoms with Gasteiger partial charge >= 0.3 is 0 Å². The average Bonchev–Trinajstić information content (AvgIpc) is 2.70. The van der Waals surface area contributed by atoms with Gasteiger partial charge in [-0.15, -0.1) is 0 Å². The lowest BCUT2D eigenvalue weighted by Crippen LogP contribution is -2.48. The van der Waals surface area contributed by atoms with E-state index in [1.165, 1.54) is 6.07 Å². The number of likely N-dealkylation sites (N-methyl/N-ethyl adjacent to an activating group) is 1. The third kappa shape index (κ3) is 2.55. The van der Waals surface area contributed by atoms with E-state index < -0.39 is 0 Å². The van der Waals surface area contributed by atoms with E-state index in [4.69, 9.17) is 5.73 Å². The Balaban J connectivity index is 1.93. The predicted molar refractivity (Wildman–Crippen MR) is 61.1 cm³/mol. The molecule has 1 aliphatic rings. The van der Waals surface area contributed by atoms with E-state index in [1.54, 1.807) is 11.9 Å².